The summed E-state index contributed by atoms with van der Waals surface area (Å²) in [6.07, 6.45) is 1.07. The molecule has 4 N–H and O–H groups in total. The summed E-state index contributed by atoms with van der Waals surface area (Å²) in [4.78, 5) is 0. The minimum absolute atomic E-state index is 0. The Morgan fingerprint density at radius 2 is 1.77 bits per heavy atom. The van der Waals surface area contributed by atoms with E-state index in [1.165, 1.54) is 5.56 Å². The Bertz CT molecular complexity index is 233. The maximum Gasteiger partial charge on any atom is 0.0419 e. The van der Waals surface area contributed by atoms with Crippen molar-refractivity contribution in [1.82, 2.24) is 0 Å². The van der Waals surface area contributed by atoms with Crippen molar-refractivity contribution >= 4 is 12.4 Å². The average Bonchev–Trinajstić information content (AvgIpc) is 2.17. The maximum absolute atomic E-state index is 5.76. The Kier molecular flexibility index (Phi) is 5.71. The molecule has 0 bridgehead atoms. The van der Waals surface area contributed by atoms with Crippen molar-refractivity contribution in [3.63, 3.8) is 0 Å². The highest BCUT2D eigenvalue weighted by Gasteiger charge is 2.01. The molecule has 0 saturated carbocycles. The molecule has 1 aromatic rings. The van der Waals surface area contributed by atoms with Gasteiger partial charge in [0.05, 0.1) is 0 Å². The molecule has 2 nitrogen and oxygen atoms in total. The third kappa shape index (κ3) is 3.35. The zero-order chi connectivity index (χ0) is 8.97. The highest BCUT2D eigenvalue weighted by molar-refractivity contribution is 5.85. The molecule has 0 aliphatic rings. The van der Waals surface area contributed by atoms with Gasteiger partial charge in [0.15, 0.2) is 0 Å². The normalized spacial score (nSPS) is 11.9. The van der Waals surface area contributed by atoms with Crippen molar-refractivity contribution in [3.8, 4) is 0 Å². The third-order valence-corrected chi connectivity index (χ3v) is 2.07. The zero-order valence-corrected chi connectivity index (χ0v) is 8.68. The van der Waals surface area contributed by atoms with Crippen LogP contribution in [0.15, 0.2) is 24.3 Å². The first kappa shape index (κ1) is 12.4. The monoisotopic (exact) mass is 200 g/mol. The summed E-state index contributed by atoms with van der Waals surface area (Å²) < 4.78 is 0. The first-order valence-corrected chi connectivity index (χ1v) is 4.32. The van der Waals surface area contributed by atoms with Crippen molar-refractivity contribution in [2.45, 2.75) is 19.4 Å². The Morgan fingerprint density at radius 1 is 1.23 bits per heavy atom. The van der Waals surface area contributed by atoms with Gasteiger partial charge < -0.3 is 11.5 Å². The summed E-state index contributed by atoms with van der Waals surface area (Å²) in [5, 5.41) is 0. The van der Waals surface area contributed by atoms with E-state index in [9.17, 15) is 0 Å². The third-order valence-electron chi connectivity index (χ3n) is 2.07. The Labute approximate surface area is 85.7 Å². The number of hydrogen-bond donors (Lipinski definition) is 2. The number of rotatable bonds is 3. The number of benzene rings is 1. The molecule has 0 aromatic heterocycles. The highest BCUT2D eigenvalue weighted by Crippen LogP contribution is 2.10. The molecule has 1 rings (SSSR count). The van der Waals surface area contributed by atoms with Crippen LogP contribution in [0.4, 0.5) is 0 Å². The van der Waals surface area contributed by atoms with E-state index in [1.807, 2.05) is 0 Å². The van der Waals surface area contributed by atoms with Crippen molar-refractivity contribution in [2.24, 2.45) is 11.5 Å². The summed E-state index contributed by atoms with van der Waals surface area (Å²) in [7, 11) is 0. The first-order chi connectivity index (χ1) is 5.77. The van der Waals surface area contributed by atoms with Crippen LogP contribution in [-0.2, 0) is 6.42 Å². The molecular weight excluding hydrogens is 184 g/mol. The Balaban J connectivity index is 0.00000144. The van der Waals surface area contributed by atoms with Gasteiger partial charge in [-0.05, 0) is 17.5 Å². The van der Waals surface area contributed by atoms with Gasteiger partial charge in [0.1, 0.15) is 0 Å². The predicted octanol–water partition coefficient (Wildman–Crippen LogP) is 1.63. The Morgan fingerprint density at radius 3 is 2.15 bits per heavy atom. The van der Waals surface area contributed by atoms with Crippen molar-refractivity contribution < 1.29 is 0 Å². The van der Waals surface area contributed by atoms with E-state index in [0.29, 0.717) is 6.54 Å². The summed E-state index contributed by atoms with van der Waals surface area (Å²) in [6.45, 7) is 2.64. The van der Waals surface area contributed by atoms with E-state index >= 15 is 0 Å². The molecule has 1 aromatic carbocycles. The van der Waals surface area contributed by atoms with Crippen molar-refractivity contribution in [2.75, 3.05) is 6.54 Å². The quantitative estimate of drug-likeness (QED) is 0.780. The second-order valence-corrected chi connectivity index (χ2v) is 2.94. The van der Waals surface area contributed by atoms with Gasteiger partial charge in [-0.3, -0.25) is 0 Å². The van der Waals surface area contributed by atoms with Gasteiger partial charge in [0.2, 0.25) is 0 Å². The lowest BCUT2D eigenvalue weighted by molar-refractivity contribution is 0.736. The Hall–Kier alpha value is -0.570. The van der Waals surface area contributed by atoms with Crippen LogP contribution in [0.25, 0.3) is 0 Å². The van der Waals surface area contributed by atoms with E-state index < -0.39 is 0 Å². The topological polar surface area (TPSA) is 52.0 Å². The number of hydrogen-bond acceptors (Lipinski definition) is 2. The lowest BCUT2D eigenvalue weighted by Crippen LogP contribution is -2.20. The number of halogens is 1. The molecule has 0 radical (unpaired) electrons. The molecular formula is C10H17ClN2. The van der Waals surface area contributed by atoms with Crippen LogP contribution in [-0.4, -0.2) is 6.54 Å². The second kappa shape index (κ2) is 5.97. The zero-order valence-electron chi connectivity index (χ0n) is 7.86. The molecule has 0 aliphatic carbocycles. The lowest BCUT2D eigenvalue weighted by Gasteiger charge is -2.08. The average molecular weight is 201 g/mol. The molecule has 3 heteroatoms. The van der Waals surface area contributed by atoms with Crippen LogP contribution < -0.4 is 11.5 Å². The summed E-state index contributed by atoms with van der Waals surface area (Å²) in [5.41, 5.74) is 13.7. The fourth-order valence-corrected chi connectivity index (χ4v) is 1.14. The molecule has 74 valence electrons. The van der Waals surface area contributed by atoms with Gasteiger partial charge in [-0.25, -0.2) is 0 Å². The molecule has 0 saturated heterocycles. The van der Waals surface area contributed by atoms with E-state index in [0.717, 1.165) is 12.0 Å². The SMILES string of the molecule is CCc1ccc([C@H](N)CN)cc1.Cl. The lowest BCUT2D eigenvalue weighted by atomic mass is 10.0. The fraction of sp³-hybridized carbons (Fsp3) is 0.400. The molecule has 1 atom stereocenters. The largest absolute Gasteiger partial charge is 0.329 e. The smallest absolute Gasteiger partial charge is 0.0419 e. The molecule has 0 unspecified atom stereocenters. The van der Waals surface area contributed by atoms with Crippen LogP contribution in [0, 0.1) is 0 Å². The van der Waals surface area contributed by atoms with Crippen LogP contribution >= 0.6 is 12.4 Å². The number of nitrogens with two attached hydrogens (primary N) is 2. The van der Waals surface area contributed by atoms with Crippen LogP contribution in [0.1, 0.15) is 24.1 Å². The van der Waals surface area contributed by atoms with E-state index in [2.05, 4.69) is 31.2 Å². The minimum atomic E-state index is -0.0177. The predicted molar refractivity (Wildman–Crippen MR) is 59.1 cm³/mol. The summed E-state index contributed by atoms with van der Waals surface area (Å²) in [5.74, 6) is 0. The summed E-state index contributed by atoms with van der Waals surface area (Å²) >= 11 is 0. The molecule has 13 heavy (non-hydrogen) atoms. The number of aryl methyl sites for hydroxylation is 1. The first-order valence-electron chi connectivity index (χ1n) is 4.32. The van der Waals surface area contributed by atoms with E-state index in [1.54, 1.807) is 0 Å². The second-order valence-electron chi connectivity index (χ2n) is 2.94. The van der Waals surface area contributed by atoms with Crippen LogP contribution in [0.2, 0.25) is 0 Å². The van der Waals surface area contributed by atoms with E-state index in [-0.39, 0.29) is 18.4 Å². The van der Waals surface area contributed by atoms with Gasteiger partial charge in [0, 0.05) is 12.6 Å². The van der Waals surface area contributed by atoms with Gasteiger partial charge >= 0.3 is 0 Å². The van der Waals surface area contributed by atoms with Gasteiger partial charge in [0.25, 0.3) is 0 Å². The highest BCUT2D eigenvalue weighted by atomic mass is 35.5. The van der Waals surface area contributed by atoms with Gasteiger partial charge in [-0.1, -0.05) is 31.2 Å². The standard InChI is InChI=1S/C10H16N2.ClH/c1-2-8-3-5-9(6-4-8)10(12)7-11;/h3-6,10H,2,7,11-12H2,1H3;1H/t10-;/m1./s1. The van der Waals surface area contributed by atoms with E-state index in [4.69, 9.17) is 11.5 Å². The van der Waals surface area contributed by atoms with Crippen molar-refractivity contribution in [1.29, 1.82) is 0 Å². The fourth-order valence-electron chi connectivity index (χ4n) is 1.14. The molecule has 0 aliphatic heterocycles. The van der Waals surface area contributed by atoms with Gasteiger partial charge in [-0.2, -0.15) is 0 Å². The van der Waals surface area contributed by atoms with Crippen LogP contribution in [0.5, 0.6) is 0 Å². The molecule has 0 amide bonds. The molecule has 0 fully saturated rings. The summed E-state index contributed by atoms with van der Waals surface area (Å²) in [6, 6.07) is 8.29. The maximum atomic E-state index is 5.76. The minimum Gasteiger partial charge on any atom is -0.329 e. The van der Waals surface area contributed by atoms with Gasteiger partial charge in [-0.15, -0.1) is 12.4 Å². The molecule has 0 spiro atoms. The van der Waals surface area contributed by atoms with Crippen LogP contribution in [0.3, 0.4) is 0 Å². The molecule has 0 heterocycles. The van der Waals surface area contributed by atoms with Crippen molar-refractivity contribution in [3.05, 3.63) is 35.4 Å².